The summed E-state index contributed by atoms with van der Waals surface area (Å²) in [5, 5.41) is 11.5. The third kappa shape index (κ3) is 3.47. The van der Waals surface area contributed by atoms with E-state index >= 15 is 0 Å². The van der Waals surface area contributed by atoms with Gasteiger partial charge in [-0.3, -0.25) is 9.69 Å². The number of nitrogens with zero attached hydrogens (tertiary/aromatic N) is 2. The van der Waals surface area contributed by atoms with E-state index in [0.717, 1.165) is 4.90 Å². The fourth-order valence-corrected chi connectivity index (χ4v) is 3.08. The van der Waals surface area contributed by atoms with Gasteiger partial charge in [0.2, 0.25) is 0 Å². The summed E-state index contributed by atoms with van der Waals surface area (Å²) in [5.41, 5.74) is -0.136. The smallest absolute Gasteiger partial charge is 0.325 e. The van der Waals surface area contributed by atoms with E-state index in [9.17, 15) is 14.0 Å². The molecular formula is C20H18FN3O3. The van der Waals surface area contributed by atoms with E-state index in [1.54, 1.807) is 31.2 Å². The van der Waals surface area contributed by atoms with Crippen LogP contribution in [0, 0.1) is 17.1 Å². The number of amides is 3. The Morgan fingerprint density at radius 2 is 1.81 bits per heavy atom. The molecule has 1 aliphatic heterocycles. The van der Waals surface area contributed by atoms with Crippen molar-refractivity contribution in [2.45, 2.75) is 18.9 Å². The lowest BCUT2D eigenvalue weighted by Crippen LogP contribution is -2.43. The molecule has 2 aromatic rings. The predicted molar refractivity (Wildman–Crippen MR) is 95.3 cm³/mol. The number of urea groups is 1. The number of imide groups is 1. The lowest BCUT2D eigenvalue weighted by Gasteiger charge is -2.25. The minimum atomic E-state index is -1.20. The van der Waals surface area contributed by atoms with Crippen LogP contribution in [0.3, 0.4) is 0 Å². The molecule has 1 fully saturated rings. The third-order valence-corrected chi connectivity index (χ3v) is 4.61. The van der Waals surface area contributed by atoms with E-state index < -0.39 is 17.4 Å². The summed E-state index contributed by atoms with van der Waals surface area (Å²) in [6.07, 6.45) is 0.343. The van der Waals surface area contributed by atoms with Crippen LogP contribution < -0.4 is 10.1 Å². The molecule has 3 rings (SSSR count). The Hall–Kier alpha value is -3.40. The van der Waals surface area contributed by atoms with Crippen LogP contribution in [0.15, 0.2) is 48.5 Å². The Morgan fingerprint density at radius 3 is 2.41 bits per heavy atom. The van der Waals surface area contributed by atoms with Gasteiger partial charge in [-0.05, 0) is 48.4 Å². The molecule has 1 atom stereocenters. The van der Waals surface area contributed by atoms with Crippen molar-refractivity contribution in [2.24, 2.45) is 0 Å². The van der Waals surface area contributed by atoms with E-state index in [-0.39, 0.29) is 19.1 Å². The van der Waals surface area contributed by atoms with Crippen molar-refractivity contribution in [2.75, 3.05) is 13.2 Å². The first-order valence-electron chi connectivity index (χ1n) is 8.53. The van der Waals surface area contributed by atoms with E-state index in [1.165, 1.54) is 24.3 Å². The van der Waals surface area contributed by atoms with Crippen LogP contribution in [0.1, 0.15) is 24.5 Å². The van der Waals surface area contributed by atoms with Crippen LogP contribution in [0.5, 0.6) is 5.75 Å². The minimum absolute atomic E-state index is 0.0770. The average Bonchev–Trinajstić information content (AvgIpc) is 2.94. The topological polar surface area (TPSA) is 82.4 Å². The molecule has 138 valence electrons. The van der Waals surface area contributed by atoms with Crippen LogP contribution in [0.25, 0.3) is 0 Å². The van der Waals surface area contributed by atoms with E-state index in [4.69, 9.17) is 10.00 Å². The molecule has 1 aliphatic rings. The maximum absolute atomic E-state index is 13.2. The fraction of sp³-hybridized carbons (Fsp3) is 0.250. The molecule has 6 nitrogen and oxygen atoms in total. The number of halogens is 1. The standard InChI is InChI=1S/C20H18FN3O3/c1-2-20(15-5-7-16(21)8-6-15)18(25)24(19(26)23-20)11-12-27-17-9-3-14(13-22)4-10-17/h3-10H,2,11-12H2,1H3,(H,23,26)/t20-/m1/s1. The first-order valence-corrected chi connectivity index (χ1v) is 8.53. The monoisotopic (exact) mass is 367 g/mol. The number of nitrogens with one attached hydrogen (secondary N) is 1. The first-order chi connectivity index (χ1) is 13.0. The van der Waals surface area contributed by atoms with Crippen LogP contribution in [0.4, 0.5) is 9.18 Å². The van der Waals surface area contributed by atoms with E-state index in [0.29, 0.717) is 23.3 Å². The van der Waals surface area contributed by atoms with Crippen molar-refractivity contribution >= 4 is 11.9 Å². The van der Waals surface area contributed by atoms with Crippen molar-refractivity contribution in [1.29, 1.82) is 5.26 Å². The molecule has 27 heavy (non-hydrogen) atoms. The third-order valence-electron chi connectivity index (χ3n) is 4.61. The van der Waals surface area contributed by atoms with Gasteiger partial charge in [-0.25, -0.2) is 9.18 Å². The Balaban J connectivity index is 1.69. The van der Waals surface area contributed by atoms with Gasteiger partial charge in [0, 0.05) is 0 Å². The SMILES string of the molecule is CC[C@]1(c2ccc(F)cc2)NC(=O)N(CCOc2ccc(C#N)cc2)C1=O. The normalized spacial score (nSPS) is 18.9. The minimum Gasteiger partial charge on any atom is -0.492 e. The van der Waals surface area contributed by atoms with Crippen molar-refractivity contribution < 1.29 is 18.7 Å². The highest BCUT2D eigenvalue weighted by Crippen LogP contribution is 2.32. The molecule has 1 heterocycles. The number of nitriles is 1. The average molecular weight is 367 g/mol. The Morgan fingerprint density at radius 1 is 1.15 bits per heavy atom. The zero-order valence-corrected chi connectivity index (χ0v) is 14.7. The van der Waals surface area contributed by atoms with Gasteiger partial charge in [0.15, 0.2) is 0 Å². The number of benzene rings is 2. The van der Waals surface area contributed by atoms with Crippen molar-refractivity contribution in [1.82, 2.24) is 10.2 Å². The van der Waals surface area contributed by atoms with Crippen molar-refractivity contribution in [3.05, 3.63) is 65.5 Å². The van der Waals surface area contributed by atoms with Crippen LogP contribution in [0.2, 0.25) is 0 Å². The second-order valence-corrected chi connectivity index (χ2v) is 6.14. The second kappa shape index (κ2) is 7.46. The molecule has 0 aromatic heterocycles. The number of rotatable bonds is 6. The molecule has 0 aliphatic carbocycles. The van der Waals surface area contributed by atoms with Gasteiger partial charge in [0.1, 0.15) is 23.7 Å². The lowest BCUT2D eigenvalue weighted by molar-refractivity contribution is -0.132. The Labute approximate surface area is 156 Å². The Bertz CT molecular complexity index is 890. The summed E-state index contributed by atoms with van der Waals surface area (Å²) in [4.78, 5) is 26.4. The van der Waals surface area contributed by atoms with E-state index in [2.05, 4.69) is 5.32 Å². The van der Waals surface area contributed by atoms with Crippen molar-refractivity contribution in [3.63, 3.8) is 0 Å². The zero-order valence-electron chi connectivity index (χ0n) is 14.7. The molecule has 7 heteroatoms. The molecule has 1 saturated heterocycles. The number of hydrogen-bond donors (Lipinski definition) is 1. The maximum atomic E-state index is 13.2. The van der Waals surface area contributed by atoms with Gasteiger partial charge in [-0.15, -0.1) is 0 Å². The van der Waals surface area contributed by atoms with Gasteiger partial charge < -0.3 is 10.1 Å². The molecule has 1 N–H and O–H groups in total. The highest BCUT2D eigenvalue weighted by atomic mass is 19.1. The highest BCUT2D eigenvalue weighted by molar-refractivity contribution is 6.07. The van der Waals surface area contributed by atoms with Gasteiger partial charge >= 0.3 is 6.03 Å². The molecule has 2 aromatic carbocycles. The first kappa shape index (κ1) is 18.4. The Kier molecular flexibility index (Phi) is 5.08. The summed E-state index contributed by atoms with van der Waals surface area (Å²) in [5.74, 6) is -0.249. The summed E-state index contributed by atoms with van der Waals surface area (Å²) in [7, 11) is 0. The van der Waals surface area contributed by atoms with Crippen LogP contribution in [-0.2, 0) is 10.3 Å². The quantitative estimate of drug-likeness (QED) is 0.796. The molecule has 0 unspecified atom stereocenters. The van der Waals surface area contributed by atoms with Gasteiger partial charge in [-0.2, -0.15) is 5.26 Å². The molecule has 3 amide bonds. The number of carbonyl (C=O) groups is 2. The van der Waals surface area contributed by atoms with Gasteiger partial charge in [0.25, 0.3) is 5.91 Å². The lowest BCUT2D eigenvalue weighted by atomic mass is 9.87. The summed E-state index contributed by atoms with van der Waals surface area (Å²) >= 11 is 0. The molecule has 0 radical (unpaired) electrons. The van der Waals surface area contributed by atoms with Crippen molar-refractivity contribution in [3.8, 4) is 11.8 Å². The summed E-state index contributed by atoms with van der Waals surface area (Å²) in [6.45, 7) is 1.99. The van der Waals surface area contributed by atoms with Crippen LogP contribution in [-0.4, -0.2) is 30.0 Å². The van der Waals surface area contributed by atoms with E-state index in [1.807, 2.05) is 6.07 Å². The van der Waals surface area contributed by atoms with Gasteiger partial charge in [-0.1, -0.05) is 19.1 Å². The molecule has 0 spiro atoms. The second-order valence-electron chi connectivity index (χ2n) is 6.14. The summed E-state index contributed by atoms with van der Waals surface area (Å²) < 4.78 is 18.8. The molecular weight excluding hydrogens is 349 g/mol. The maximum Gasteiger partial charge on any atom is 0.325 e. The molecule has 0 bridgehead atoms. The zero-order chi connectivity index (χ0) is 19.4. The predicted octanol–water partition coefficient (Wildman–Crippen LogP) is 2.93. The molecule has 0 saturated carbocycles. The number of ether oxygens (including phenoxy) is 1. The highest BCUT2D eigenvalue weighted by Gasteiger charge is 2.51. The number of hydrogen-bond acceptors (Lipinski definition) is 4. The largest absolute Gasteiger partial charge is 0.492 e. The number of carbonyl (C=O) groups excluding carboxylic acids is 2. The van der Waals surface area contributed by atoms with Crippen LogP contribution >= 0.6 is 0 Å². The van der Waals surface area contributed by atoms with Gasteiger partial charge in [0.05, 0.1) is 18.2 Å². The summed E-state index contributed by atoms with van der Waals surface area (Å²) in [6, 6.07) is 13.6. The fourth-order valence-electron chi connectivity index (χ4n) is 3.08.